The maximum atomic E-state index is 11.0. The number of aliphatic hydroxyl groups excluding tert-OH is 3. The van der Waals surface area contributed by atoms with Crippen molar-refractivity contribution in [1.82, 2.24) is 0 Å². The van der Waals surface area contributed by atoms with Crippen LogP contribution in [-0.2, 0) is 18.6 Å². The van der Waals surface area contributed by atoms with Crippen molar-refractivity contribution < 1.29 is 43.7 Å². The van der Waals surface area contributed by atoms with Crippen LogP contribution < -0.4 is 0 Å². The van der Waals surface area contributed by atoms with Crippen LogP contribution in [0.25, 0.3) is 0 Å². The lowest BCUT2D eigenvalue weighted by molar-refractivity contribution is -0.158. The first-order valence-corrected chi connectivity index (χ1v) is 5.63. The third-order valence-electron chi connectivity index (χ3n) is 1.32. The molecule has 0 aromatic heterocycles. The van der Waals surface area contributed by atoms with Crippen molar-refractivity contribution in [3.63, 3.8) is 0 Å². The summed E-state index contributed by atoms with van der Waals surface area (Å²) >= 11 is 0. The van der Waals surface area contributed by atoms with Gasteiger partial charge in [0.25, 0.3) is 0 Å². The highest BCUT2D eigenvalue weighted by Crippen LogP contribution is 2.37. The fourth-order valence-corrected chi connectivity index (χ4v) is 1.12. The number of ether oxygens (including phenoxy) is 1. The van der Waals surface area contributed by atoms with Gasteiger partial charge in [0.2, 0.25) is 0 Å². The van der Waals surface area contributed by atoms with Gasteiger partial charge in [-0.1, -0.05) is 0 Å². The smallest absolute Gasteiger partial charge is 0.461 e. The molecule has 16 heavy (non-hydrogen) atoms. The fourth-order valence-electron chi connectivity index (χ4n) is 0.641. The van der Waals surface area contributed by atoms with Crippen molar-refractivity contribution in [3.8, 4) is 0 Å². The molecule has 0 amide bonds. The second-order valence-corrected chi connectivity index (χ2v) is 3.93. The average Bonchev–Trinajstić information content (AvgIpc) is 2.20. The number of hydrogen-bond acceptors (Lipinski definition) is 7. The molecule has 9 nitrogen and oxygen atoms in total. The minimum atomic E-state index is -4.92. The topological polar surface area (TPSA) is 154 Å². The maximum Gasteiger partial charge on any atom is 0.470 e. The Hall–Kier alpha value is -0.540. The molecule has 96 valence electrons. The van der Waals surface area contributed by atoms with Gasteiger partial charge >= 0.3 is 13.8 Å². The highest BCUT2D eigenvalue weighted by molar-refractivity contribution is 7.46. The molecule has 0 bridgehead atoms. The normalized spacial score (nSPS) is 15.6. The Kier molecular flexibility index (Phi) is 6.68. The maximum absolute atomic E-state index is 11.0. The first-order valence-electron chi connectivity index (χ1n) is 4.10. The summed E-state index contributed by atoms with van der Waals surface area (Å²) in [5.74, 6) is -1.25. The molecule has 2 atom stereocenters. The van der Waals surface area contributed by atoms with Gasteiger partial charge in [0.05, 0.1) is 13.2 Å². The molecule has 0 fully saturated rings. The van der Waals surface area contributed by atoms with Crippen LogP contribution in [0.3, 0.4) is 0 Å². The highest BCUT2D eigenvalue weighted by atomic mass is 31.2. The number of rotatable bonds is 7. The van der Waals surface area contributed by atoms with Crippen LogP contribution in [0.1, 0.15) is 0 Å². The zero-order chi connectivity index (χ0) is 12.8. The number of phosphoric acid groups is 1. The number of carbonyl (C=O) groups is 1. The third-order valence-corrected chi connectivity index (χ3v) is 1.85. The minimum Gasteiger partial charge on any atom is -0.461 e. The van der Waals surface area contributed by atoms with E-state index in [0.717, 1.165) is 0 Å². The predicted octanol–water partition coefficient (Wildman–Crippen LogP) is -2.65. The molecule has 0 aliphatic heterocycles. The van der Waals surface area contributed by atoms with Crippen molar-refractivity contribution in [3.05, 3.63) is 0 Å². The lowest BCUT2D eigenvalue weighted by atomic mass is 10.4. The molecule has 5 N–H and O–H groups in total. The van der Waals surface area contributed by atoms with Crippen LogP contribution in [0.5, 0.6) is 0 Å². The van der Waals surface area contributed by atoms with Crippen LogP contribution in [0.15, 0.2) is 0 Å². The lowest BCUT2D eigenvalue weighted by Gasteiger charge is -2.15. The molecule has 0 saturated carbocycles. The number of phosphoric ester groups is 1. The van der Waals surface area contributed by atoms with E-state index in [1.54, 1.807) is 0 Å². The van der Waals surface area contributed by atoms with Crippen LogP contribution in [-0.4, -0.2) is 63.1 Å². The van der Waals surface area contributed by atoms with Crippen molar-refractivity contribution in [2.75, 3.05) is 19.8 Å². The number of aliphatic hydroxyl groups is 3. The molecule has 0 aliphatic rings. The van der Waals surface area contributed by atoms with E-state index in [2.05, 4.69) is 9.26 Å². The van der Waals surface area contributed by atoms with E-state index in [0.29, 0.717) is 0 Å². The van der Waals surface area contributed by atoms with Gasteiger partial charge in [0.15, 0.2) is 6.10 Å². The van der Waals surface area contributed by atoms with E-state index in [1.165, 1.54) is 0 Å². The van der Waals surface area contributed by atoms with Gasteiger partial charge < -0.3 is 29.8 Å². The van der Waals surface area contributed by atoms with Gasteiger partial charge in [-0.2, -0.15) is 0 Å². The van der Waals surface area contributed by atoms with Gasteiger partial charge in [-0.3, -0.25) is 4.52 Å². The molecule has 0 rings (SSSR count). The molecule has 0 heterocycles. The van der Waals surface area contributed by atoms with Gasteiger partial charge in [0, 0.05) is 0 Å². The standard InChI is InChI=1S/C6H13O9P/c7-1-4(9)3-14-6(10)5(2-8)15-16(11,12)13/h4-5,7-9H,1-3H2,(H2,11,12,13). The quantitative estimate of drug-likeness (QED) is 0.244. The lowest BCUT2D eigenvalue weighted by Crippen LogP contribution is -2.32. The largest absolute Gasteiger partial charge is 0.470 e. The fraction of sp³-hybridized carbons (Fsp3) is 0.833. The summed E-state index contributed by atoms with van der Waals surface area (Å²) in [7, 11) is -4.92. The van der Waals surface area contributed by atoms with Crippen LogP contribution in [0.4, 0.5) is 0 Å². The molecular formula is C6H13O9P. The monoisotopic (exact) mass is 260 g/mol. The van der Waals surface area contributed by atoms with E-state index >= 15 is 0 Å². The predicted molar refractivity (Wildman–Crippen MR) is 48.1 cm³/mol. The number of hydrogen-bond donors (Lipinski definition) is 5. The summed E-state index contributed by atoms with van der Waals surface area (Å²) in [5.41, 5.74) is 0. The molecule has 0 spiro atoms. The highest BCUT2D eigenvalue weighted by Gasteiger charge is 2.29. The molecule has 0 aromatic carbocycles. The summed E-state index contributed by atoms with van der Waals surface area (Å²) in [6.45, 7) is -2.20. The Balaban J connectivity index is 4.17. The van der Waals surface area contributed by atoms with Crippen LogP contribution in [0.2, 0.25) is 0 Å². The number of esters is 1. The van der Waals surface area contributed by atoms with E-state index in [9.17, 15) is 9.36 Å². The van der Waals surface area contributed by atoms with Crippen molar-refractivity contribution in [2.24, 2.45) is 0 Å². The van der Waals surface area contributed by atoms with E-state index in [1.807, 2.05) is 0 Å². The summed E-state index contributed by atoms with van der Waals surface area (Å²) < 4.78 is 18.6. The Morgan fingerprint density at radius 1 is 1.25 bits per heavy atom. The van der Waals surface area contributed by atoms with Crippen molar-refractivity contribution in [1.29, 1.82) is 0 Å². The molecule has 0 aliphatic carbocycles. The summed E-state index contributed by atoms with van der Waals surface area (Å²) in [5, 5.41) is 25.8. The van der Waals surface area contributed by atoms with E-state index < -0.39 is 45.8 Å². The van der Waals surface area contributed by atoms with E-state index in [-0.39, 0.29) is 0 Å². The summed E-state index contributed by atoms with van der Waals surface area (Å²) in [4.78, 5) is 27.8. The molecule has 0 saturated heterocycles. The SMILES string of the molecule is O=C(OCC(O)CO)C(CO)OP(=O)(O)O. The molecule has 0 radical (unpaired) electrons. The Labute approximate surface area is 90.5 Å². The van der Waals surface area contributed by atoms with E-state index in [4.69, 9.17) is 25.1 Å². The Morgan fingerprint density at radius 2 is 1.81 bits per heavy atom. The van der Waals surface area contributed by atoms with Gasteiger partial charge in [-0.25, -0.2) is 9.36 Å². The Morgan fingerprint density at radius 3 is 2.19 bits per heavy atom. The Bertz CT molecular complexity index is 261. The van der Waals surface area contributed by atoms with Gasteiger partial charge in [-0.15, -0.1) is 0 Å². The molecular weight excluding hydrogens is 247 g/mol. The molecule has 2 unspecified atom stereocenters. The average molecular weight is 260 g/mol. The second-order valence-electron chi connectivity index (χ2n) is 2.73. The first-order chi connectivity index (χ1) is 7.30. The minimum absolute atomic E-state index is 0.573. The van der Waals surface area contributed by atoms with Crippen molar-refractivity contribution in [2.45, 2.75) is 12.2 Å². The number of carbonyl (C=O) groups excluding carboxylic acids is 1. The third kappa shape index (κ3) is 6.85. The van der Waals surface area contributed by atoms with Crippen LogP contribution >= 0.6 is 7.82 Å². The summed E-state index contributed by atoms with van der Waals surface area (Å²) in [6, 6.07) is 0. The van der Waals surface area contributed by atoms with Crippen LogP contribution in [0, 0.1) is 0 Å². The van der Waals surface area contributed by atoms with Crippen molar-refractivity contribution >= 4 is 13.8 Å². The van der Waals surface area contributed by atoms with Gasteiger partial charge in [0.1, 0.15) is 12.7 Å². The zero-order valence-electron chi connectivity index (χ0n) is 8.09. The second kappa shape index (κ2) is 6.92. The van der Waals surface area contributed by atoms with Gasteiger partial charge in [-0.05, 0) is 0 Å². The molecule has 0 aromatic rings. The zero-order valence-corrected chi connectivity index (χ0v) is 8.99. The first kappa shape index (κ1) is 15.5. The summed E-state index contributed by atoms with van der Waals surface area (Å²) in [6.07, 6.45) is -3.15. The molecule has 10 heteroatoms.